The number of esters is 1. The minimum Gasteiger partial charge on any atom is -0.508 e. The SMILES string of the molecule is O=C1OC2CC(O)CCC2c2ccc(O)cc21. The normalized spacial score (nSPS) is 31.4. The van der Waals surface area contributed by atoms with Crippen molar-refractivity contribution in [1.82, 2.24) is 0 Å². The molecule has 90 valence electrons. The van der Waals surface area contributed by atoms with Gasteiger partial charge in [0.15, 0.2) is 0 Å². The Morgan fingerprint density at radius 3 is 2.94 bits per heavy atom. The first-order valence-corrected chi connectivity index (χ1v) is 5.87. The zero-order chi connectivity index (χ0) is 12.0. The summed E-state index contributed by atoms with van der Waals surface area (Å²) in [6.45, 7) is 0. The van der Waals surface area contributed by atoms with E-state index in [1.54, 1.807) is 12.1 Å². The van der Waals surface area contributed by atoms with E-state index in [9.17, 15) is 15.0 Å². The van der Waals surface area contributed by atoms with Crippen LogP contribution in [0.15, 0.2) is 18.2 Å². The van der Waals surface area contributed by atoms with Gasteiger partial charge in [0.1, 0.15) is 11.9 Å². The van der Waals surface area contributed by atoms with Gasteiger partial charge in [0.05, 0.1) is 11.7 Å². The third-order valence-corrected chi connectivity index (χ3v) is 3.68. The number of carbonyl (C=O) groups excluding carboxylic acids is 1. The molecule has 1 aromatic carbocycles. The van der Waals surface area contributed by atoms with Crippen LogP contribution in [-0.4, -0.2) is 28.4 Å². The van der Waals surface area contributed by atoms with Crippen LogP contribution in [0.25, 0.3) is 0 Å². The maximum Gasteiger partial charge on any atom is 0.338 e. The number of benzene rings is 1. The van der Waals surface area contributed by atoms with Gasteiger partial charge in [0.2, 0.25) is 0 Å². The highest BCUT2D eigenvalue weighted by atomic mass is 16.5. The highest BCUT2D eigenvalue weighted by Crippen LogP contribution is 2.41. The Labute approximate surface area is 98.8 Å². The van der Waals surface area contributed by atoms with E-state index in [0.29, 0.717) is 12.0 Å². The Kier molecular flexibility index (Phi) is 2.33. The Morgan fingerprint density at radius 1 is 1.29 bits per heavy atom. The molecule has 0 radical (unpaired) electrons. The zero-order valence-electron chi connectivity index (χ0n) is 9.30. The van der Waals surface area contributed by atoms with Crippen LogP contribution in [0.2, 0.25) is 0 Å². The lowest BCUT2D eigenvalue weighted by Gasteiger charge is -2.38. The smallest absolute Gasteiger partial charge is 0.338 e. The maximum absolute atomic E-state index is 11.8. The highest BCUT2D eigenvalue weighted by Gasteiger charge is 2.39. The van der Waals surface area contributed by atoms with Crippen molar-refractivity contribution < 1.29 is 19.7 Å². The van der Waals surface area contributed by atoms with Crippen molar-refractivity contribution >= 4 is 5.97 Å². The Hall–Kier alpha value is -1.55. The summed E-state index contributed by atoms with van der Waals surface area (Å²) in [7, 11) is 0. The lowest BCUT2D eigenvalue weighted by molar-refractivity contribution is -0.0181. The van der Waals surface area contributed by atoms with Gasteiger partial charge in [0, 0.05) is 12.3 Å². The van der Waals surface area contributed by atoms with E-state index in [-0.39, 0.29) is 23.9 Å². The standard InChI is InChI=1S/C13H14O4/c14-7-1-3-9-10-4-2-8(15)6-12(10)17-13(16)11(9)5-7/h1,3,5,8,10,12,14-15H,2,4,6H2. The zero-order valence-corrected chi connectivity index (χ0v) is 9.30. The van der Waals surface area contributed by atoms with Gasteiger partial charge in [0.25, 0.3) is 0 Å². The number of aliphatic hydroxyl groups is 1. The van der Waals surface area contributed by atoms with Gasteiger partial charge in [-0.3, -0.25) is 0 Å². The van der Waals surface area contributed by atoms with Crippen molar-refractivity contribution in [1.29, 1.82) is 0 Å². The summed E-state index contributed by atoms with van der Waals surface area (Å²) in [4.78, 5) is 11.8. The lowest BCUT2D eigenvalue weighted by atomic mass is 9.77. The molecule has 3 unspecified atom stereocenters. The molecular formula is C13H14O4. The van der Waals surface area contributed by atoms with Crippen LogP contribution < -0.4 is 0 Å². The summed E-state index contributed by atoms with van der Waals surface area (Å²) in [5.41, 5.74) is 1.40. The molecule has 3 atom stereocenters. The number of ether oxygens (including phenoxy) is 1. The number of hydrogen-bond acceptors (Lipinski definition) is 4. The highest BCUT2D eigenvalue weighted by molar-refractivity contribution is 5.93. The largest absolute Gasteiger partial charge is 0.508 e. The molecule has 4 nitrogen and oxygen atoms in total. The van der Waals surface area contributed by atoms with Gasteiger partial charge in [-0.1, -0.05) is 6.07 Å². The molecule has 4 heteroatoms. The summed E-state index contributed by atoms with van der Waals surface area (Å²) in [5.74, 6) is -0.159. The average Bonchev–Trinajstić information content (AvgIpc) is 2.29. The van der Waals surface area contributed by atoms with Crippen molar-refractivity contribution in [2.75, 3.05) is 0 Å². The van der Waals surface area contributed by atoms with Gasteiger partial charge >= 0.3 is 5.97 Å². The Bertz CT molecular complexity index is 468. The van der Waals surface area contributed by atoms with Crippen molar-refractivity contribution in [2.45, 2.75) is 37.4 Å². The monoisotopic (exact) mass is 234 g/mol. The van der Waals surface area contributed by atoms with Crippen LogP contribution in [-0.2, 0) is 4.74 Å². The molecule has 0 saturated heterocycles. The van der Waals surface area contributed by atoms with E-state index in [1.807, 2.05) is 0 Å². The third kappa shape index (κ3) is 1.69. The summed E-state index contributed by atoms with van der Waals surface area (Å²) >= 11 is 0. The first kappa shape index (κ1) is 10.6. The van der Waals surface area contributed by atoms with Crippen LogP contribution >= 0.6 is 0 Å². The molecule has 0 amide bonds. The third-order valence-electron chi connectivity index (χ3n) is 3.68. The molecule has 17 heavy (non-hydrogen) atoms. The van der Waals surface area contributed by atoms with E-state index >= 15 is 0 Å². The predicted molar refractivity (Wildman–Crippen MR) is 59.9 cm³/mol. The molecule has 1 saturated carbocycles. The van der Waals surface area contributed by atoms with Gasteiger partial charge in [-0.05, 0) is 30.5 Å². The Morgan fingerprint density at radius 2 is 2.12 bits per heavy atom. The summed E-state index contributed by atoms with van der Waals surface area (Å²) in [6.07, 6.45) is 1.47. The number of carbonyl (C=O) groups is 1. The topological polar surface area (TPSA) is 66.8 Å². The Balaban J connectivity index is 2.03. The van der Waals surface area contributed by atoms with Gasteiger partial charge in [-0.25, -0.2) is 4.79 Å². The lowest BCUT2D eigenvalue weighted by Crippen LogP contribution is -2.38. The minimum atomic E-state index is -0.397. The first-order valence-electron chi connectivity index (χ1n) is 5.87. The molecule has 1 fully saturated rings. The van der Waals surface area contributed by atoms with Crippen molar-refractivity contribution in [2.24, 2.45) is 0 Å². The van der Waals surface area contributed by atoms with E-state index in [1.165, 1.54) is 6.07 Å². The quantitative estimate of drug-likeness (QED) is 0.668. The fraction of sp³-hybridized carbons (Fsp3) is 0.462. The van der Waals surface area contributed by atoms with Crippen LogP contribution in [0.3, 0.4) is 0 Å². The molecule has 0 spiro atoms. The summed E-state index contributed by atoms with van der Waals surface area (Å²) in [6, 6.07) is 4.85. The van der Waals surface area contributed by atoms with Crippen LogP contribution in [0.5, 0.6) is 5.75 Å². The van der Waals surface area contributed by atoms with Crippen LogP contribution in [0.4, 0.5) is 0 Å². The molecule has 1 aliphatic carbocycles. The van der Waals surface area contributed by atoms with Crippen molar-refractivity contribution in [3.63, 3.8) is 0 Å². The van der Waals surface area contributed by atoms with E-state index in [0.717, 1.165) is 18.4 Å². The van der Waals surface area contributed by atoms with Crippen LogP contribution in [0.1, 0.15) is 41.1 Å². The fourth-order valence-corrected chi connectivity index (χ4v) is 2.84. The molecule has 0 bridgehead atoms. The maximum atomic E-state index is 11.8. The van der Waals surface area contributed by atoms with Crippen LogP contribution in [0, 0.1) is 0 Å². The second-order valence-corrected chi connectivity index (χ2v) is 4.79. The molecule has 2 aliphatic rings. The van der Waals surface area contributed by atoms with Crippen molar-refractivity contribution in [3.05, 3.63) is 29.3 Å². The minimum absolute atomic E-state index is 0.0787. The average molecular weight is 234 g/mol. The van der Waals surface area contributed by atoms with E-state index in [4.69, 9.17) is 4.74 Å². The van der Waals surface area contributed by atoms with Gasteiger partial charge in [-0.2, -0.15) is 0 Å². The molecule has 1 aromatic rings. The van der Waals surface area contributed by atoms with Gasteiger partial charge < -0.3 is 14.9 Å². The predicted octanol–water partition coefficient (Wildman–Crippen LogP) is 1.56. The number of phenolic OH excluding ortho intramolecular Hbond substituents is 1. The van der Waals surface area contributed by atoms with E-state index in [2.05, 4.69) is 0 Å². The second kappa shape index (κ2) is 3.74. The number of hydrogen-bond donors (Lipinski definition) is 2. The number of rotatable bonds is 0. The number of aromatic hydroxyl groups is 1. The van der Waals surface area contributed by atoms with Gasteiger partial charge in [-0.15, -0.1) is 0 Å². The van der Waals surface area contributed by atoms with E-state index < -0.39 is 5.97 Å². The molecule has 3 rings (SSSR count). The molecule has 0 aromatic heterocycles. The molecule has 1 aliphatic heterocycles. The molecule has 2 N–H and O–H groups in total. The fourth-order valence-electron chi connectivity index (χ4n) is 2.84. The summed E-state index contributed by atoms with van der Waals surface area (Å²) in [5, 5.41) is 19.0. The molecular weight excluding hydrogens is 220 g/mol. The summed E-state index contributed by atoms with van der Waals surface area (Å²) < 4.78 is 5.33. The first-order chi connectivity index (χ1) is 8.15. The molecule has 1 heterocycles. The number of phenols is 1. The number of fused-ring (bicyclic) bond motifs is 3. The second-order valence-electron chi connectivity index (χ2n) is 4.79. The number of aliphatic hydroxyl groups excluding tert-OH is 1. The van der Waals surface area contributed by atoms with Crippen molar-refractivity contribution in [3.8, 4) is 5.75 Å².